The summed E-state index contributed by atoms with van der Waals surface area (Å²) in [5, 5.41) is 0. The molecule has 1 rings (SSSR count). The van der Waals surface area contributed by atoms with Crippen molar-refractivity contribution in [2.75, 3.05) is 19.0 Å². The van der Waals surface area contributed by atoms with E-state index >= 15 is 0 Å². The van der Waals surface area contributed by atoms with Gasteiger partial charge in [0, 0.05) is 5.75 Å². The summed E-state index contributed by atoms with van der Waals surface area (Å²) in [6.45, 7) is 1.55. The number of thiocarbonyl (C=S) groups is 1. The van der Waals surface area contributed by atoms with Crippen LogP contribution >= 0.6 is 24.0 Å². The highest BCUT2D eigenvalue weighted by Gasteiger charge is 2.02. The third-order valence-electron chi connectivity index (χ3n) is 0.711. The van der Waals surface area contributed by atoms with Gasteiger partial charge in [-0.05, 0) is 0 Å². The lowest BCUT2D eigenvalue weighted by atomic mass is 10.8. The Morgan fingerprint density at radius 2 is 2.57 bits per heavy atom. The minimum atomic E-state index is 0.681. The third kappa shape index (κ3) is 1.76. The van der Waals surface area contributed by atoms with Crippen molar-refractivity contribution in [1.82, 2.24) is 0 Å². The lowest BCUT2D eigenvalue weighted by molar-refractivity contribution is 0.190. The number of hydrogen-bond acceptors (Lipinski definition) is 3. The minimum Gasteiger partial charge on any atom is -0.374 e. The molecule has 1 aliphatic rings. The summed E-state index contributed by atoms with van der Waals surface area (Å²) in [6, 6.07) is 0. The first-order chi connectivity index (χ1) is 3.39. The summed E-state index contributed by atoms with van der Waals surface area (Å²) in [5.41, 5.74) is 0. The van der Waals surface area contributed by atoms with Crippen molar-refractivity contribution in [3.8, 4) is 0 Å². The van der Waals surface area contributed by atoms with E-state index in [1.807, 2.05) is 0 Å². The van der Waals surface area contributed by atoms with Crippen molar-refractivity contribution in [3.05, 3.63) is 0 Å². The maximum atomic E-state index is 5.02. The van der Waals surface area contributed by atoms with Gasteiger partial charge in [-0.2, -0.15) is 0 Å². The zero-order chi connectivity index (χ0) is 5.11. The molecule has 0 aromatic heterocycles. The first-order valence-electron chi connectivity index (χ1n) is 2.13. The van der Waals surface area contributed by atoms with E-state index in [0.717, 1.165) is 16.6 Å². The molecule has 0 unspecified atom stereocenters. The van der Waals surface area contributed by atoms with Gasteiger partial charge in [-0.3, -0.25) is 0 Å². The van der Waals surface area contributed by atoms with Gasteiger partial charge in [0.15, 0.2) is 0 Å². The quantitative estimate of drug-likeness (QED) is 0.459. The molecule has 0 radical (unpaired) electrons. The van der Waals surface area contributed by atoms with Crippen LogP contribution in [0.3, 0.4) is 0 Å². The predicted molar refractivity (Wildman–Crippen MR) is 35.9 cm³/mol. The largest absolute Gasteiger partial charge is 0.374 e. The van der Waals surface area contributed by atoms with Crippen molar-refractivity contribution in [2.45, 2.75) is 0 Å². The van der Waals surface area contributed by atoms with Crippen molar-refractivity contribution in [1.29, 1.82) is 0 Å². The summed E-state index contributed by atoms with van der Waals surface area (Å²) in [4.78, 5) is 0. The average molecular weight is 134 g/mol. The normalized spacial score (nSPS) is 22.6. The molecule has 0 aliphatic carbocycles. The van der Waals surface area contributed by atoms with Crippen molar-refractivity contribution >= 4 is 28.2 Å². The molecule has 0 N–H and O–H groups in total. The van der Waals surface area contributed by atoms with Gasteiger partial charge in [-0.25, -0.2) is 0 Å². The molecule has 40 valence electrons. The van der Waals surface area contributed by atoms with Gasteiger partial charge in [0.2, 0.25) is 0 Å². The molecule has 0 bridgehead atoms. The smallest absolute Gasteiger partial charge is 0.0878 e. The third-order valence-corrected chi connectivity index (χ3v) is 1.99. The molecule has 0 spiro atoms. The molecule has 1 saturated heterocycles. The standard InChI is InChI=1S/C4H6OS2/c6-4-3-5-1-2-7-4/h1-3H2. The number of thioether (sulfide) groups is 1. The van der Waals surface area contributed by atoms with E-state index in [2.05, 4.69) is 0 Å². The van der Waals surface area contributed by atoms with Gasteiger partial charge in [0.1, 0.15) is 0 Å². The zero-order valence-electron chi connectivity index (χ0n) is 3.85. The van der Waals surface area contributed by atoms with Gasteiger partial charge in [-0.15, -0.1) is 11.8 Å². The molecular formula is C4H6OS2. The Kier molecular flexibility index (Phi) is 2.09. The van der Waals surface area contributed by atoms with E-state index in [1.165, 1.54) is 0 Å². The van der Waals surface area contributed by atoms with E-state index in [4.69, 9.17) is 17.0 Å². The van der Waals surface area contributed by atoms with Crippen molar-refractivity contribution in [3.63, 3.8) is 0 Å². The Morgan fingerprint density at radius 3 is 2.86 bits per heavy atom. The molecule has 1 heterocycles. The average Bonchev–Trinajstić information content (AvgIpc) is 1.69. The molecule has 3 heteroatoms. The van der Waals surface area contributed by atoms with Crippen LogP contribution in [0.25, 0.3) is 0 Å². The second-order valence-corrected chi connectivity index (χ2v) is 3.21. The van der Waals surface area contributed by atoms with E-state index in [1.54, 1.807) is 11.8 Å². The molecule has 7 heavy (non-hydrogen) atoms. The highest BCUT2D eigenvalue weighted by Crippen LogP contribution is 2.08. The van der Waals surface area contributed by atoms with Crippen LogP contribution < -0.4 is 0 Å². The van der Waals surface area contributed by atoms with E-state index < -0.39 is 0 Å². The van der Waals surface area contributed by atoms with Gasteiger partial charge in [0.25, 0.3) is 0 Å². The minimum absolute atomic E-state index is 0.681. The summed E-state index contributed by atoms with van der Waals surface area (Å²) >= 11 is 6.57. The van der Waals surface area contributed by atoms with Crippen LogP contribution in [0.4, 0.5) is 0 Å². The van der Waals surface area contributed by atoms with Crippen LogP contribution in [0.1, 0.15) is 0 Å². The Hall–Kier alpha value is 0.400. The topological polar surface area (TPSA) is 9.23 Å². The van der Waals surface area contributed by atoms with E-state index in [0.29, 0.717) is 6.61 Å². The van der Waals surface area contributed by atoms with Gasteiger partial charge >= 0.3 is 0 Å². The summed E-state index contributed by atoms with van der Waals surface area (Å²) in [5.74, 6) is 1.04. The summed E-state index contributed by atoms with van der Waals surface area (Å²) in [7, 11) is 0. The number of rotatable bonds is 0. The van der Waals surface area contributed by atoms with Gasteiger partial charge < -0.3 is 4.74 Å². The fourth-order valence-corrected chi connectivity index (χ4v) is 1.34. The van der Waals surface area contributed by atoms with Crippen LogP contribution in [0.5, 0.6) is 0 Å². The molecule has 0 aromatic rings. The molecule has 1 nitrogen and oxygen atoms in total. The molecule has 0 aromatic carbocycles. The zero-order valence-corrected chi connectivity index (χ0v) is 5.48. The highest BCUT2D eigenvalue weighted by atomic mass is 32.2. The molecule has 1 fully saturated rings. The van der Waals surface area contributed by atoms with Gasteiger partial charge in [-0.1, -0.05) is 12.2 Å². The maximum absolute atomic E-state index is 5.02. The van der Waals surface area contributed by atoms with Crippen molar-refractivity contribution < 1.29 is 4.74 Å². The number of hydrogen-bond donors (Lipinski definition) is 0. The Labute approximate surface area is 52.4 Å². The highest BCUT2D eigenvalue weighted by molar-refractivity contribution is 8.23. The first-order valence-corrected chi connectivity index (χ1v) is 3.52. The lowest BCUT2D eigenvalue weighted by Gasteiger charge is -2.09. The van der Waals surface area contributed by atoms with Crippen LogP contribution in [0.15, 0.2) is 0 Å². The number of ether oxygens (including phenoxy) is 1. The molecular weight excluding hydrogens is 128 g/mol. The molecule has 0 amide bonds. The summed E-state index contributed by atoms with van der Waals surface area (Å²) < 4.78 is 6.01. The van der Waals surface area contributed by atoms with E-state index in [-0.39, 0.29) is 0 Å². The molecule has 0 saturated carbocycles. The SMILES string of the molecule is S=C1COCCS1. The monoisotopic (exact) mass is 134 g/mol. The summed E-state index contributed by atoms with van der Waals surface area (Å²) in [6.07, 6.45) is 0. The fraction of sp³-hybridized carbons (Fsp3) is 0.750. The van der Waals surface area contributed by atoms with Crippen LogP contribution in [0, 0.1) is 0 Å². The predicted octanol–water partition coefficient (Wildman–Crippen LogP) is 1.08. The van der Waals surface area contributed by atoms with Crippen LogP contribution in [0.2, 0.25) is 0 Å². The second-order valence-electron chi connectivity index (χ2n) is 1.27. The Morgan fingerprint density at radius 1 is 1.71 bits per heavy atom. The maximum Gasteiger partial charge on any atom is 0.0878 e. The lowest BCUT2D eigenvalue weighted by Crippen LogP contribution is -2.12. The Balaban J connectivity index is 2.25. The van der Waals surface area contributed by atoms with Gasteiger partial charge in [0.05, 0.1) is 17.4 Å². The fourth-order valence-electron chi connectivity index (χ4n) is 0.412. The first kappa shape index (κ1) is 5.54. The second kappa shape index (κ2) is 2.64. The molecule has 0 atom stereocenters. The van der Waals surface area contributed by atoms with E-state index in [9.17, 15) is 0 Å². The van der Waals surface area contributed by atoms with Crippen LogP contribution in [-0.4, -0.2) is 23.2 Å². The van der Waals surface area contributed by atoms with Crippen molar-refractivity contribution in [2.24, 2.45) is 0 Å². The molecule has 1 aliphatic heterocycles. The van der Waals surface area contributed by atoms with Crippen LogP contribution in [-0.2, 0) is 4.74 Å². The Bertz CT molecular complexity index is 73.8.